The minimum Gasteiger partial charge on any atom is -0.326 e. The van der Waals surface area contributed by atoms with Gasteiger partial charge in [-0.05, 0) is 49.9 Å². The van der Waals surface area contributed by atoms with E-state index in [0.29, 0.717) is 11.6 Å². The molecule has 5 nitrogen and oxygen atoms in total. The molecule has 0 saturated heterocycles. The summed E-state index contributed by atoms with van der Waals surface area (Å²) >= 11 is 0. The lowest BCUT2D eigenvalue weighted by molar-refractivity contribution is -0.114. The molecule has 1 aromatic carbocycles. The van der Waals surface area contributed by atoms with Gasteiger partial charge in [-0.1, -0.05) is 0 Å². The van der Waals surface area contributed by atoms with E-state index in [1.807, 2.05) is 6.92 Å². The lowest BCUT2D eigenvalue weighted by Crippen LogP contribution is -2.33. The van der Waals surface area contributed by atoms with Crippen molar-refractivity contribution in [3.8, 4) is 0 Å². The molecule has 19 heavy (non-hydrogen) atoms. The summed E-state index contributed by atoms with van der Waals surface area (Å²) in [5.74, 6) is 0.282. The van der Waals surface area contributed by atoms with Gasteiger partial charge in [0, 0.05) is 18.7 Å². The lowest BCUT2D eigenvalue weighted by Gasteiger charge is -2.13. The molecule has 0 heterocycles. The van der Waals surface area contributed by atoms with Crippen molar-refractivity contribution in [1.82, 2.24) is 4.72 Å². The predicted octanol–water partition coefficient (Wildman–Crippen LogP) is 1.72. The van der Waals surface area contributed by atoms with E-state index in [4.69, 9.17) is 0 Å². The van der Waals surface area contributed by atoms with Crippen LogP contribution in [0, 0.1) is 5.92 Å². The minimum atomic E-state index is -3.47. The van der Waals surface area contributed by atoms with Crippen LogP contribution in [0.1, 0.15) is 26.7 Å². The van der Waals surface area contributed by atoms with Crippen LogP contribution in [0.5, 0.6) is 0 Å². The Morgan fingerprint density at radius 2 is 1.84 bits per heavy atom. The number of hydrogen-bond donors (Lipinski definition) is 2. The highest BCUT2D eigenvalue weighted by molar-refractivity contribution is 7.89. The van der Waals surface area contributed by atoms with E-state index < -0.39 is 10.0 Å². The van der Waals surface area contributed by atoms with E-state index in [1.54, 1.807) is 12.1 Å². The SMILES string of the molecule is CC(=O)Nc1ccc(S(=O)(=O)N[C@H](C)C2CC2)cc1. The first-order valence-electron chi connectivity index (χ1n) is 6.28. The van der Waals surface area contributed by atoms with E-state index in [0.717, 1.165) is 12.8 Å². The number of nitrogens with one attached hydrogen (secondary N) is 2. The van der Waals surface area contributed by atoms with Gasteiger partial charge in [0.1, 0.15) is 0 Å². The smallest absolute Gasteiger partial charge is 0.240 e. The third-order valence-electron chi connectivity index (χ3n) is 3.16. The van der Waals surface area contributed by atoms with Gasteiger partial charge < -0.3 is 5.32 Å². The van der Waals surface area contributed by atoms with Gasteiger partial charge in [0.15, 0.2) is 0 Å². The summed E-state index contributed by atoms with van der Waals surface area (Å²) in [4.78, 5) is 11.1. The molecule has 1 atom stereocenters. The summed E-state index contributed by atoms with van der Waals surface area (Å²) < 4.78 is 26.9. The first-order chi connectivity index (χ1) is 8.88. The van der Waals surface area contributed by atoms with Crippen molar-refractivity contribution in [3.05, 3.63) is 24.3 Å². The van der Waals surface area contributed by atoms with Crippen LogP contribution in [0.4, 0.5) is 5.69 Å². The second kappa shape index (κ2) is 5.30. The fourth-order valence-electron chi connectivity index (χ4n) is 1.93. The lowest BCUT2D eigenvalue weighted by atomic mass is 10.2. The maximum absolute atomic E-state index is 12.1. The molecule has 0 radical (unpaired) electrons. The van der Waals surface area contributed by atoms with Crippen molar-refractivity contribution in [2.75, 3.05) is 5.32 Å². The summed E-state index contributed by atoms with van der Waals surface area (Å²) in [5.41, 5.74) is 0.585. The van der Waals surface area contributed by atoms with E-state index in [9.17, 15) is 13.2 Å². The molecule has 1 aromatic rings. The Kier molecular flexibility index (Phi) is 3.91. The molecule has 2 N–H and O–H groups in total. The first kappa shape index (κ1) is 14.0. The van der Waals surface area contributed by atoms with Crippen molar-refractivity contribution in [3.63, 3.8) is 0 Å². The predicted molar refractivity (Wildman–Crippen MR) is 73.3 cm³/mol. The number of sulfonamides is 1. The molecule has 1 amide bonds. The molecule has 0 spiro atoms. The van der Waals surface area contributed by atoms with Crippen LogP contribution in [0.3, 0.4) is 0 Å². The minimum absolute atomic E-state index is 0.0278. The molecule has 2 rings (SSSR count). The van der Waals surface area contributed by atoms with Crippen molar-refractivity contribution < 1.29 is 13.2 Å². The molecule has 1 fully saturated rings. The highest BCUT2D eigenvalue weighted by Crippen LogP contribution is 2.33. The van der Waals surface area contributed by atoms with Gasteiger partial charge >= 0.3 is 0 Å². The van der Waals surface area contributed by atoms with Crippen molar-refractivity contribution in [2.45, 2.75) is 37.6 Å². The van der Waals surface area contributed by atoms with E-state index in [-0.39, 0.29) is 16.8 Å². The second-order valence-corrected chi connectivity index (χ2v) is 6.67. The summed E-state index contributed by atoms with van der Waals surface area (Å²) in [6.07, 6.45) is 2.18. The highest BCUT2D eigenvalue weighted by atomic mass is 32.2. The fraction of sp³-hybridized carbons (Fsp3) is 0.462. The molecule has 0 bridgehead atoms. The van der Waals surface area contributed by atoms with Crippen LogP contribution in [0.15, 0.2) is 29.2 Å². The molecule has 0 unspecified atom stereocenters. The fourth-order valence-corrected chi connectivity index (χ4v) is 3.24. The van der Waals surface area contributed by atoms with Crippen LogP contribution in [0.25, 0.3) is 0 Å². The number of rotatable bonds is 5. The Morgan fingerprint density at radius 3 is 2.32 bits per heavy atom. The van der Waals surface area contributed by atoms with Gasteiger partial charge in [0.25, 0.3) is 0 Å². The maximum atomic E-state index is 12.1. The van der Waals surface area contributed by atoms with E-state index in [2.05, 4.69) is 10.0 Å². The maximum Gasteiger partial charge on any atom is 0.240 e. The number of carbonyl (C=O) groups excluding carboxylic acids is 1. The van der Waals surface area contributed by atoms with Gasteiger partial charge in [0.05, 0.1) is 4.90 Å². The summed E-state index contributed by atoms with van der Waals surface area (Å²) in [7, 11) is -3.47. The summed E-state index contributed by atoms with van der Waals surface area (Å²) in [6, 6.07) is 6.12. The molecule has 1 aliphatic rings. The third kappa shape index (κ3) is 3.78. The highest BCUT2D eigenvalue weighted by Gasteiger charge is 2.31. The largest absolute Gasteiger partial charge is 0.326 e. The molecule has 6 heteroatoms. The zero-order valence-electron chi connectivity index (χ0n) is 11.0. The molecule has 0 aliphatic heterocycles. The quantitative estimate of drug-likeness (QED) is 0.863. The van der Waals surface area contributed by atoms with Crippen molar-refractivity contribution in [1.29, 1.82) is 0 Å². The van der Waals surface area contributed by atoms with Crippen LogP contribution in [-0.2, 0) is 14.8 Å². The number of amides is 1. The monoisotopic (exact) mass is 282 g/mol. The Hall–Kier alpha value is -1.40. The van der Waals surface area contributed by atoms with E-state index in [1.165, 1.54) is 19.1 Å². The van der Waals surface area contributed by atoms with Crippen LogP contribution in [0.2, 0.25) is 0 Å². The molecular formula is C13H18N2O3S. The molecule has 1 saturated carbocycles. The Bertz CT molecular complexity index is 562. The van der Waals surface area contributed by atoms with Crippen LogP contribution >= 0.6 is 0 Å². The average molecular weight is 282 g/mol. The van der Waals surface area contributed by atoms with Crippen molar-refractivity contribution >= 4 is 21.6 Å². The Balaban J connectivity index is 2.09. The average Bonchev–Trinajstić information content (AvgIpc) is 3.11. The number of anilines is 1. The molecule has 0 aromatic heterocycles. The van der Waals surface area contributed by atoms with Gasteiger partial charge in [-0.15, -0.1) is 0 Å². The zero-order valence-corrected chi connectivity index (χ0v) is 11.8. The third-order valence-corrected chi connectivity index (χ3v) is 4.73. The second-order valence-electron chi connectivity index (χ2n) is 4.95. The molecular weight excluding hydrogens is 264 g/mol. The zero-order chi connectivity index (χ0) is 14.0. The van der Waals surface area contributed by atoms with Gasteiger partial charge in [0.2, 0.25) is 15.9 Å². The standard InChI is InChI=1S/C13H18N2O3S/c1-9(11-3-4-11)15-19(17,18)13-7-5-12(6-8-13)14-10(2)16/h5-9,11,15H,3-4H2,1-2H3,(H,14,16)/t9-/m1/s1. The topological polar surface area (TPSA) is 75.3 Å². The number of benzene rings is 1. The Labute approximate surface area is 113 Å². The Morgan fingerprint density at radius 1 is 1.26 bits per heavy atom. The number of hydrogen-bond acceptors (Lipinski definition) is 3. The summed E-state index contributed by atoms with van der Waals surface area (Å²) in [5, 5.41) is 2.60. The molecule has 104 valence electrons. The van der Waals surface area contributed by atoms with Gasteiger partial charge in [-0.25, -0.2) is 13.1 Å². The first-order valence-corrected chi connectivity index (χ1v) is 7.77. The van der Waals surface area contributed by atoms with Crippen LogP contribution in [-0.4, -0.2) is 20.4 Å². The van der Waals surface area contributed by atoms with E-state index >= 15 is 0 Å². The normalized spacial score (nSPS) is 16.9. The molecule has 1 aliphatic carbocycles. The van der Waals surface area contributed by atoms with Gasteiger partial charge in [-0.2, -0.15) is 0 Å². The van der Waals surface area contributed by atoms with Gasteiger partial charge in [-0.3, -0.25) is 4.79 Å². The summed E-state index contributed by atoms with van der Waals surface area (Å²) in [6.45, 7) is 3.30. The van der Waals surface area contributed by atoms with Crippen LogP contribution < -0.4 is 10.0 Å². The van der Waals surface area contributed by atoms with Crippen molar-refractivity contribution in [2.24, 2.45) is 5.92 Å². The number of carbonyl (C=O) groups is 1.